The van der Waals surface area contributed by atoms with Crippen molar-refractivity contribution < 1.29 is 4.79 Å². The molecule has 3 heterocycles. The number of pyridine rings is 1. The molecule has 0 atom stereocenters. The molecule has 0 saturated carbocycles. The Balaban J connectivity index is 1.41. The van der Waals surface area contributed by atoms with E-state index in [0.29, 0.717) is 24.5 Å². The van der Waals surface area contributed by atoms with Crippen molar-refractivity contribution in [3.05, 3.63) is 84.1 Å². The quantitative estimate of drug-likeness (QED) is 0.605. The van der Waals surface area contributed by atoms with Crippen molar-refractivity contribution in [2.24, 2.45) is 0 Å². The summed E-state index contributed by atoms with van der Waals surface area (Å²) in [5, 5.41) is 15.2. The number of carbonyl (C=O) groups is 1. The van der Waals surface area contributed by atoms with Crippen molar-refractivity contribution in [2.75, 3.05) is 0 Å². The summed E-state index contributed by atoms with van der Waals surface area (Å²) in [5.41, 5.74) is 2.46. The Morgan fingerprint density at radius 1 is 1.00 bits per heavy atom. The first kappa shape index (κ1) is 15.1. The van der Waals surface area contributed by atoms with Crippen LogP contribution in [0, 0.1) is 0 Å². The van der Waals surface area contributed by atoms with Gasteiger partial charge in [0, 0.05) is 24.2 Å². The maximum absolute atomic E-state index is 12.3. The number of nitrogens with one attached hydrogen (secondary N) is 1. The molecule has 1 N–H and O–H groups in total. The van der Waals surface area contributed by atoms with Crippen molar-refractivity contribution >= 4 is 11.6 Å². The highest BCUT2D eigenvalue weighted by Crippen LogP contribution is 2.07. The molecular formula is C18H16N6O. The van der Waals surface area contributed by atoms with Crippen LogP contribution < -0.4 is 5.32 Å². The van der Waals surface area contributed by atoms with Gasteiger partial charge in [-0.2, -0.15) is 5.10 Å². The minimum absolute atomic E-state index is 0.140. The molecule has 0 fully saturated rings. The molecule has 7 heteroatoms. The Morgan fingerprint density at radius 3 is 2.68 bits per heavy atom. The topological polar surface area (TPSA) is 77.1 Å². The fraction of sp³-hybridized carbons (Fsp3) is 0.111. The van der Waals surface area contributed by atoms with Gasteiger partial charge in [0.05, 0.1) is 13.1 Å². The number of amides is 1. The second-order valence-corrected chi connectivity index (χ2v) is 5.63. The van der Waals surface area contributed by atoms with Crippen LogP contribution in [-0.4, -0.2) is 30.3 Å². The van der Waals surface area contributed by atoms with E-state index in [1.807, 2.05) is 70.0 Å². The fourth-order valence-corrected chi connectivity index (χ4v) is 2.62. The van der Waals surface area contributed by atoms with Crippen LogP contribution in [-0.2, 0) is 13.1 Å². The highest BCUT2D eigenvalue weighted by atomic mass is 16.1. The first-order chi connectivity index (χ1) is 12.3. The monoisotopic (exact) mass is 332 g/mol. The van der Waals surface area contributed by atoms with E-state index in [-0.39, 0.29) is 5.91 Å². The Kier molecular flexibility index (Phi) is 3.96. The van der Waals surface area contributed by atoms with Gasteiger partial charge in [0.1, 0.15) is 0 Å². The van der Waals surface area contributed by atoms with Crippen LogP contribution in [0.4, 0.5) is 0 Å². The number of hydrogen-bond acceptors (Lipinski definition) is 4. The van der Waals surface area contributed by atoms with Crippen LogP contribution in [0.5, 0.6) is 0 Å². The summed E-state index contributed by atoms with van der Waals surface area (Å²) in [6.45, 7) is 1.000. The molecule has 0 aliphatic carbocycles. The van der Waals surface area contributed by atoms with Gasteiger partial charge < -0.3 is 5.32 Å². The van der Waals surface area contributed by atoms with E-state index in [1.54, 1.807) is 6.20 Å². The Bertz CT molecular complexity index is 988. The molecule has 0 spiro atoms. The van der Waals surface area contributed by atoms with Gasteiger partial charge in [-0.1, -0.05) is 18.2 Å². The predicted octanol–water partition coefficient (Wildman–Crippen LogP) is 1.90. The molecule has 0 radical (unpaired) electrons. The molecule has 4 rings (SSSR count). The number of benzene rings is 1. The zero-order chi connectivity index (χ0) is 17.1. The molecule has 4 aromatic rings. The standard InChI is InChI=1S/C18H16N6O/c25-18(19-12-17-22-21-16-4-1-2-11-24(16)17)15-7-5-14(6-8-15)13-23-10-3-9-20-23/h1-11H,12-13H2,(H,19,25). The summed E-state index contributed by atoms with van der Waals surface area (Å²) in [5.74, 6) is 0.553. The van der Waals surface area contributed by atoms with Gasteiger partial charge in [-0.3, -0.25) is 13.9 Å². The van der Waals surface area contributed by atoms with Crippen molar-refractivity contribution in [3.8, 4) is 0 Å². The van der Waals surface area contributed by atoms with E-state index in [4.69, 9.17) is 0 Å². The van der Waals surface area contributed by atoms with Gasteiger partial charge in [-0.25, -0.2) is 0 Å². The van der Waals surface area contributed by atoms with Gasteiger partial charge in [-0.05, 0) is 35.9 Å². The Hall–Kier alpha value is -3.48. The zero-order valence-electron chi connectivity index (χ0n) is 13.4. The number of carbonyl (C=O) groups excluding carboxylic acids is 1. The summed E-state index contributed by atoms with van der Waals surface area (Å²) >= 11 is 0. The maximum Gasteiger partial charge on any atom is 0.251 e. The SMILES string of the molecule is O=C(NCc1nnc2ccccn12)c1ccc(Cn2cccn2)cc1. The van der Waals surface area contributed by atoms with Crippen LogP contribution in [0.15, 0.2) is 67.1 Å². The largest absolute Gasteiger partial charge is 0.345 e. The Morgan fingerprint density at radius 2 is 1.88 bits per heavy atom. The molecule has 124 valence electrons. The van der Waals surface area contributed by atoms with Crippen LogP contribution >= 0.6 is 0 Å². The fourth-order valence-electron chi connectivity index (χ4n) is 2.62. The lowest BCUT2D eigenvalue weighted by Crippen LogP contribution is -2.24. The van der Waals surface area contributed by atoms with Gasteiger partial charge in [-0.15, -0.1) is 10.2 Å². The lowest BCUT2D eigenvalue weighted by molar-refractivity contribution is 0.0950. The highest BCUT2D eigenvalue weighted by molar-refractivity contribution is 5.94. The molecule has 0 saturated heterocycles. The first-order valence-electron chi connectivity index (χ1n) is 7.93. The second kappa shape index (κ2) is 6.56. The van der Waals surface area contributed by atoms with Crippen molar-refractivity contribution in [2.45, 2.75) is 13.1 Å². The maximum atomic E-state index is 12.3. The normalized spacial score (nSPS) is 10.9. The number of nitrogens with zero attached hydrogens (tertiary/aromatic N) is 5. The van der Waals surface area contributed by atoms with Gasteiger partial charge in [0.2, 0.25) is 0 Å². The third-order valence-corrected chi connectivity index (χ3v) is 3.91. The molecule has 0 unspecified atom stereocenters. The third kappa shape index (κ3) is 3.25. The number of rotatable bonds is 5. The molecule has 25 heavy (non-hydrogen) atoms. The summed E-state index contributed by atoms with van der Waals surface area (Å²) in [4.78, 5) is 12.3. The van der Waals surface area contributed by atoms with E-state index in [9.17, 15) is 4.79 Å². The first-order valence-corrected chi connectivity index (χ1v) is 7.93. The highest BCUT2D eigenvalue weighted by Gasteiger charge is 2.09. The molecule has 1 aromatic carbocycles. The number of aromatic nitrogens is 5. The Labute approximate surface area is 143 Å². The third-order valence-electron chi connectivity index (χ3n) is 3.91. The van der Waals surface area contributed by atoms with Gasteiger partial charge in [0.15, 0.2) is 11.5 Å². The summed E-state index contributed by atoms with van der Waals surface area (Å²) in [6.07, 6.45) is 5.53. The molecule has 0 aliphatic heterocycles. The van der Waals surface area contributed by atoms with E-state index >= 15 is 0 Å². The van der Waals surface area contributed by atoms with Crippen molar-refractivity contribution in [1.29, 1.82) is 0 Å². The van der Waals surface area contributed by atoms with E-state index in [1.165, 1.54) is 0 Å². The van der Waals surface area contributed by atoms with Crippen LogP contribution in [0.1, 0.15) is 21.7 Å². The number of fused-ring (bicyclic) bond motifs is 1. The number of hydrogen-bond donors (Lipinski definition) is 1. The molecule has 7 nitrogen and oxygen atoms in total. The summed E-state index contributed by atoms with van der Waals surface area (Å²) < 4.78 is 3.69. The minimum atomic E-state index is -0.140. The average molecular weight is 332 g/mol. The van der Waals surface area contributed by atoms with Crippen LogP contribution in [0.3, 0.4) is 0 Å². The molecule has 0 aliphatic rings. The second-order valence-electron chi connectivity index (χ2n) is 5.63. The average Bonchev–Trinajstić information content (AvgIpc) is 3.30. The van der Waals surface area contributed by atoms with Gasteiger partial charge >= 0.3 is 0 Å². The molecular weight excluding hydrogens is 316 g/mol. The van der Waals surface area contributed by atoms with Crippen LogP contribution in [0.25, 0.3) is 5.65 Å². The smallest absolute Gasteiger partial charge is 0.251 e. The lowest BCUT2D eigenvalue weighted by Gasteiger charge is -2.06. The zero-order valence-corrected chi connectivity index (χ0v) is 13.4. The van der Waals surface area contributed by atoms with Gasteiger partial charge in [0.25, 0.3) is 5.91 Å². The lowest BCUT2D eigenvalue weighted by atomic mass is 10.1. The molecule has 0 bridgehead atoms. The summed E-state index contributed by atoms with van der Waals surface area (Å²) in [7, 11) is 0. The predicted molar refractivity (Wildman–Crippen MR) is 91.9 cm³/mol. The summed E-state index contributed by atoms with van der Waals surface area (Å²) in [6, 6.07) is 15.1. The minimum Gasteiger partial charge on any atom is -0.345 e. The van der Waals surface area contributed by atoms with E-state index in [2.05, 4.69) is 20.6 Å². The molecule has 3 aromatic heterocycles. The van der Waals surface area contributed by atoms with Crippen molar-refractivity contribution in [3.63, 3.8) is 0 Å². The van der Waals surface area contributed by atoms with Crippen molar-refractivity contribution in [1.82, 2.24) is 29.7 Å². The van der Waals surface area contributed by atoms with E-state index < -0.39 is 0 Å². The van der Waals surface area contributed by atoms with E-state index in [0.717, 1.165) is 11.2 Å². The van der Waals surface area contributed by atoms with Crippen LogP contribution in [0.2, 0.25) is 0 Å². The molecule has 1 amide bonds.